The molecule has 0 fully saturated rings. The summed E-state index contributed by atoms with van der Waals surface area (Å²) in [5.74, 6) is 1.31. The van der Waals surface area contributed by atoms with E-state index in [-0.39, 0.29) is 5.41 Å². The molecule has 0 aliphatic rings. The molecule has 25 heavy (non-hydrogen) atoms. The van der Waals surface area contributed by atoms with Crippen LogP contribution in [0.1, 0.15) is 20.8 Å². The third-order valence-corrected chi connectivity index (χ3v) is 3.31. The zero-order valence-corrected chi connectivity index (χ0v) is 16.4. The summed E-state index contributed by atoms with van der Waals surface area (Å²) in [6, 6.07) is 8.90. The summed E-state index contributed by atoms with van der Waals surface area (Å²) in [5.41, 5.74) is 0.797. The number of para-hydroxylation sites is 1. The third kappa shape index (κ3) is 11.0. The Hall–Kier alpha value is -2.22. The topological polar surface area (TPSA) is 89.0 Å². The number of oxime groups is 1. The lowest BCUT2D eigenvalue weighted by Crippen LogP contribution is -2.25. The molecular formula is C17H27N3O4S. The van der Waals surface area contributed by atoms with Crippen LogP contribution in [-0.4, -0.2) is 44.0 Å². The van der Waals surface area contributed by atoms with Crippen molar-refractivity contribution in [3.8, 4) is 5.75 Å². The second-order valence-electron chi connectivity index (χ2n) is 5.80. The highest BCUT2D eigenvalue weighted by Gasteiger charge is 2.19. The number of amides is 2. The lowest BCUT2D eigenvalue weighted by Gasteiger charge is -2.19. The van der Waals surface area contributed by atoms with Gasteiger partial charge in [-0.2, -0.15) is 11.8 Å². The summed E-state index contributed by atoms with van der Waals surface area (Å²) < 4.78 is 4.81. The molecule has 0 unspecified atom stereocenters. The molecule has 0 atom stereocenters. The normalized spacial score (nSPS) is 10.9. The Morgan fingerprint density at radius 1 is 1.08 bits per heavy atom. The average Bonchev–Trinajstić information content (AvgIpc) is 2.58. The summed E-state index contributed by atoms with van der Waals surface area (Å²) in [4.78, 5) is 26.1. The fourth-order valence-electron chi connectivity index (χ4n) is 1.31. The van der Waals surface area contributed by atoms with Crippen LogP contribution in [0.5, 0.6) is 5.75 Å². The smallest absolute Gasteiger partial charge is 0.410 e. The van der Waals surface area contributed by atoms with Crippen molar-refractivity contribution in [2.24, 2.45) is 10.6 Å². The van der Waals surface area contributed by atoms with E-state index in [0.717, 1.165) is 11.5 Å². The number of benzene rings is 1. The molecule has 1 rings (SSSR count). The molecule has 1 aromatic rings. The van der Waals surface area contributed by atoms with Crippen molar-refractivity contribution in [3.05, 3.63) is 30.3 Å². The first kappa shape index (κ1) is 22.8. The Morgan fingerprint density at radius 2 is 1.64 bits per heavy atom. The Morgan fingerprint density at radius 3 is 2.08 bits per heavy atom. The van der Waals surface area contributed by atoms with E-state index in [9.17, 15) is 9.59 Å². The van der Waals surface area contributed by atoms with Gasteiger partial charge in [-0.1, -0.05) is 44.1 Å². The SMILES string of the molecule is CNC(=O)ON=C(CSC)C(C)(C)C.CNC(=O)Oc1ccccc1. The minimum absolute atomic E-state index is 0.0724. The lowest BCUT2D eigenvalue weighted by atomic mass is 9.91. The quantitative estimate of drug-likeness (QED) is 0.482. The van der Waals surface area contributed by atoms with Crippen molar-refractivity contribution >= 4 is 29.7 Å². The maximum Gasteiger partial charge on any atom is 0.433 e. The first-order chi connectivity index (χ1) is 11.7. The maximum atomic E-state index is 10.8. The van der Waals surface area contributed by atoms with Gasteiger partial charge in [0.1, 0.15) is 5.75 Å². The second-order valence-corrected chi connectivity index (χ2v) is 6.67. The standard InChI is InChI=1S/C9H18N2O2S.C8H9NO2/c1-9(2,3)7(6-14-5)11-13-8(12)10-4;1-9-8(10)11-7-5-3-2-4-6-7/h6H2,1-5H3,(H,10,12);2-6H,1H3,(H,9,10). The lowest BCUT2D eigenvalue weighted by molar-refractivity contribution is 0.151. The minimum atomic E-state index is -0.534. The maximum absolute atomic E-state index is 10.8. The van der Waals surface area contributed by atoms with Crippen LogP contribution in [0.25, 0.3) is 0 Å². The summed E-state index contributed by atoms with van der Waals surface area (Å²) in [6.07, 6.45) is 1.00. The third-order valence-electron chi connectivity index (χ3n) is 2.75. The predicted molar refractivity (Wildman–Crippen MR) is 102 cm³/mol. The summed E-state index contributed by atoms with van der Waals surface area (Å²) in [7, 11) is 3.02. The molecule has 0 heterocycles. The number of hydrogen-bond acceptors (Lipinski definition) is 6. The highest BCUT2D eigenvalue weighted by molar-refractivity contribution is 7.99. The van der Waals surface area contributed by atoms with Gasteiger partial charge in [-0.05, 0) is 18.4 Å². The molecule has 0 saturated carbocycles. The number of nitrogens with zero attached hydrogens (tertiary/aromatic N) is 1. The number of thioether (sulfide) groups is 1. The molecule has 140 valence electrons. The molecule has 0 saturated heterocycles. The van der Waals surface area contributed by atoms with Crippen molar-refractivity contribution in [2.75, 3.05) is 26.1 Å². The Kier molecular flexibility index (Phi) is 11.1. The van der Waals surface area contributed by atoms with Crippen molar-refractivity contribution in [1.82, 2.24) is 10.6 Å². The van der Waals surface area contributed by atoms with Crippen LogP contribution in [0.15, 0.2) is 35.5 Å². The Labute approximate surface area is 153 Å². The van der Waals surface area contributed by atoms with Gasteiger partial charge in [-0.25, -0.2) is 9.59 Å². The molecule has 7 nitrogen and oxygen atoms in total. The summed E-state index contributed by atoms with van der Waals surface area (Å²) in [5, 5.41) is 8.53. The average molecular weight is 369 g/mol. The van der Waals surface area contributed by atoms with E-state index in [0.29, 0.717) is 5.75 Å². The molecule has 0 aromatic heterocycles. The van der Waals surface area contributed by atoms with Crippen molar-refractivity contribution in [1.29, 1.82) is 0 Å². The monoisotopic (exact) mass is 369 g/mol. The van der Waals surface area contributed by atoms with Gasteiger partial charge in [-0.15, -0.1) is 0 Å². The number of nitrogens with one attached hydrogen (secondary N) is 2. The fraction of sp³-hybridized carbons (Fsp3) is 0.471. The molecule has 2 amide bonds. The second kappa shape index (κ2) is 12.2. The summed E-state index contributed by atoms with van der Waals surface area (Å²) >= 11 is 1.65. The van der Waals surface area contributed by atoms with Crippen LogP contribution in [0.3, 0.4) is 0 Å². The molecule has 0 bridgehead atoms. The molecular weight excluding hydrogens is 342 g/mol. The van der Waals surface area contributed by atoms with E-state index in [1.807, 2.05) is 33.1 Å². The van der Waals surface area contributed by atoms with Gasteiger partial charge in [0.05, 0.1) is 5.71 Å². The minimum Gasteiger partial charge on any atom is -0.410 e. The van der Waals surface area contributed by atoms with Gasteiger partial charge in [0.25, 0.3) is 0 Å². The zero-order chi connectivity index (χ0) is 19.3. The number of rotatable bonds is 4. The van der Waals surface area contributed by atoms with Crippen LogP contribution in [-0.2, 0) is 4.84 Å². The van der Waals surface area contributed by atoms with Crippen molar-refractivity contribution in [2.45, 2.75) is 20.8 Å². The largest absolute Gasteiger partial charge is 0.433 e. The van der Waals surface area contributed by atoms with E-state index >= 15 is 0 Å². The van der Waals surface area contributed by atoms with Crippen LogP contribution < -0.4 is 15.4 Å². The Bertz CT molecular complexity index is 557. The molecule has 1 aromatic carbocycles. The van der Waals surface area contributed by atoms with Crippen LogP contribution in [0, 0.1) is 5.41 Å². The molecule has 0 spiro atoms. The molecule has 2 N–H and O–H groups in total. The fourth-order valence-corrected chi connectivity index (χ4v) is 2.06. The molecule has 0 aliphatic heterocycles. The Balaban J connectivity index is 0.000000472. The first-order valence-corrected chi connectivity index (χ1v) is 9.03. The van der Waals surface area contributed by atoms with E-state index in [1.165, 1.54) is 14.1 Å². The van der Waals surface area contributed by atoms with E-state index in [1.54, 1.807) is 36.0 Å². The molecule has 8 heteroatoms. The van der Waals surface area contributed by atoms with Gasteiger partial charge in [-0.3, -0.25) is 4.84 Å². The number of carbonyl (C=O) groups is 2. The van der Waals surface area contributed by atoms with Crippen molar-refractivity contribution < 1.29 is 19.2 Å². The van der Waals surface area contributed by atoms with Gasteiger partial charge >= 0.3 is 12.2 Å². The van der Waals surface area contributed by atoms with Crippen LogP contribution >= 0.6 is 11.8 Å². The van der Waals surface area contributed by atoms with E-state index in [2.05, 4.69) is 20.6 Å². The predicted octanol–water partition coefficient (Wildman–Crippen LogP) is 3.51. The first-order valence-electron chi connectivity index (χ1n) is 7.64. The number of carbonyl (C=O) groups excluding carboxylic acids is 2. The van der Waals surface area contributed by atoms with Crippen LogP contribution in [0.2, 0.25) is 0 Å². The summed E-state index contributed by atoms with van der Waals surface area (Å²) in [6.45, 7) is 6.11. The van der Waals surface area contributed by atoms with Crippen molar-refractivity contribution in [3.63, 3.8) is 0 Å². The molecule has 0 aliphatic carbocycles. The van der Waals surface area contributed by atoms with Gasteiger partial charge in [0.15, 0.2) is 0 Å². The van der Waals surface area contributed by atoms with Gasteiger partial charge in [0, 0.05) is 25.3 Å². The van der Waals surface area contributed by atoms with Gasteiger partial charge in [0.2, 0.25) is 0 Å². The van der Waals surface area contributed by atoms with Gasteiger partial charge < -0.3 is 15.4 Å². The van der Waals surface area contributed by atoms with Crippen LogP contribution in [0.4, 0.5) is 9.59 Å². The zero-order valence-electron chi connectivity index (χ0n) is 15.6. The van der Waals surface area contributed by atoms with E-state index in [4.69, 9.17) is 4.74 Å². The highest BCUT2D eigenvalue weighted by Crippen LogP contribution is 2.18. The highest BCUT2D eigenvalue weighted by atomic mass is 32.2. The van der Waals surface area contributed by atoms with E-state index < -0.39 is 12.2 Å². The number of hydrogen-bond donors (Lipinski definition) is 2. The number of ether oxygens (including phenoxy) is 1. The molecule has 0 radical (unpaired) electrons.